The summed E-state index contributed by atoms with van der Waals surface area (Å²) in [6.45, 7) is 0. The first-order valence-electron chi connectivity index (χ1n) is 3.53. The van der Waals surface area contributed by atoms with Crippen molar-refractivity contribution in [3.8, 4) is 6.07 Å². The fourth-order valence-corrected chi connectivity index (χ4v) is 0.967. The predicted octanol–water partition coefficient (Wildman–Crippen LogP) is 1.59. The van der Waals surface area contributed by atoms with Gasteiger partial charge in [0.2, 0.25) is 0 Å². The van der Waals surface area contributed by atoms with Gasteiger partial charge in [0.05, 0.1) is 18.1 Å². The molecule has 0 aliphatic carbocycles. The normalized spacial score (nSPS) is 9.23. The van der Waals surface area contributed by atoms with Crippen molar-refractivity contribution in [2.75, 3.05) is 0 Å². The Morgan fingerprint density at radius 2 is 2.23 bits per heavy atom. The molecule has 66 valence electrons. The number of rotatable bonds is 2. The van der Waals surface area contributed by atoms with Gasteiger partial charge in [0.25, 0.3) is 0 Å². The second-order valence-electron chi connectivity index (χ2n) is 2.49. The first-order valence-corrected chi connectivity index (χ1v) is 3.53. The lowest BCUT2D eigenvalue weighted by atomic mass is 10.1. The second kappa shape index (κ2) is 3.68. The zero-order valence-corrected chi connectivity index (χ0v) is 6.62. The van der Waals surface area contributed by atoms with E-state index in [1.165, 1.54) is 6.07 Å². The molecule has 0 aliphatic heterocycles. The van der Waals surface area contributed by atoms with Gasteiger partial charge in [-0.1, -0.05) is 0 Å². The van der Waals surface area contributed by atoms with Crippen molar-refractivity contribution in [2.24, 2.45) is 0 Å². The summed E-state index contributed by atoms with van der Waals surface area (Å²) >= 11 is 0. The van der Waals surface area contributed by atoms with Crippen LogP contribution in [0.15, 0.2) is 18.2 Å². The van der Waals surface area contributed by atoms with Crippen molar-refractivity contribution in [2.45, 2.75) is 6.42 Å². The Balaban J connectivity index is 3.12. The van der Waals surface area contributed by atoms with Crippen LogP contribution in [-0.2, 0) is 6.42 Å². The molecule has 0 saturated carbocycles. The number of carboxylic acid groups (broad SMARTS) is 1. The molecular formula is C9H6FNO2. The van der Waals surface area contributed by atoms with Crippen LogP contribution < -0.4 is 0 Å². The second-order valence-corrected chi connectivity index (χ2v) is 2.49. The molecule has 0 heterocycles. The van der Waals surface area contributed by atoms with Crippen LogP contribution in [-0.4, -0.2) is 11.1 Å². The number of carboxylic acids is 1. The molecule has 1 aromatic carbocycles. The minimum Gasteiger partial charge on any atom is -0.478 e. The molecule has 4 heteroatoms. The molecule has 3 nitrogen and oxygen atoms in total. The van der Waals surface area contributed by atoms with Crippen LogP contribution in [0.1, 0.15) is 15.9 Å². The molecule has 1 N–H and O–H groups in total. The average Bonchev–Trinajstić information content (AvgIpc) is 2.03. The minimum atomic E-state index is -1.20. The number of nitrogens with zero attached hydrogens (tertiary/aromatic N) is 1. The highest BCUT2D eigenvalue weighted by Gasteiger charge is 2.06. The average molecular weight is 179 g/mol. The molecule has 1 rings (SSSR count). The van der Waals surface area contributed by atoms with Crippen LogP contribution in [0, 0.1) is 17.1 Å². The Morgan fingerprint density at radius 1 is 1.54 bits per heavy atom. The molecule has 0 radical (unpaired) electrons. The smallest absolute Gasteiger partial charge is 0.335 e. The molecule has 0 aromatic heterocycles. The van der Waals surface area contributed by atoms with E-state index in [9.17, 15) is 9.18 Å². The lowest BCUT2D eigenvalue weighted by Crippen LogP contribution is -1.98. The summed E-state index contributed by atoms with van der Waals surface area (Å²) in [5.74, 6) is -1.83. The number of benzene rings is 1. The van der Waals surface area contributed by atoms with Gasteiger partial charge >= 0.3 is 5.97 Å². The van der Waals surface area contributed by atoms with Crippen molar-refractivity contribution in [1.82, 2.24) is 0 Å². The van der Waals surface area contributed by atoms with E-state index >= 15 is 0 Å². The number of nitriles is 1. The van der Waals surface area contributed by atoms with E-state index in [0.717, 1.165) is 12.1 Å². The summed E-state index contributed by atoms with van der Waals surface area (Å²) in [7, 11) is 0. The fourth-order valence-electron chi connectivity index (χ4n) is 0.967. The van der Waals surface area contributed by atoms with Crippen molar-refractivity contribution in [3.05, 3.63) is 35.1 Å². The SMILES string of the molecule is N#CCc1cc(F)cc(C(=O)O)c1. The number of hydrogen-bond donors (Lipinski definition) is 1. The van der Waals surface area contributed by atoms with Gasteiger partial charge in [0, 0.05) is 0 Å². The molecule has 0 saturated heterocycles. The predicted molar refractivity (Wildman–Crippen MR) is 42.7 cm³/mol. The maximum absolute atomic E-state index is 12.7. The van der Waals surface area contributed by atoms with E-state index in [4.69, 9.17) is 10.4 Å². The summed E-state index contributed by atoms with van der Waals surface area (Å²) in [5, 5.41) is 16.9. The Bertz CT molecular complexity index is 382. The maximum atomic E-state index is 12.7. The highest BCUT2D eigenvalue weighted by molar-refractivity contribution is 5.87. The fraction of sp³-hybridized carbons (Fsp3) is 0.111. The van der Waals surface area contributed by atoms with Crippen molar-refractivity contribution < 1.29 is 14.3 Å². The summed E-state index contributed by atoms with van der Waals surface area (Å²) in [6, 6.07) is 5.17. The van der Waals surface area contributed by atoms with Gasteiger partial charge in [-0.15, -0.1) is 0 Å². The number of aromatic carboxylic acids is 1. The van der Waals surface area contributed by atoms with Crippen LogP contribution in [0.3, 0.4) is 0 Å². The molecule has 0 spiro atoms. The topological polar surface area (TPSA) is 61.1 Å². The van der Waals surface area contributed by atoms with E-state index in [2.05, 4.69) is 0 Å². The van der Waals surface area contributed by atoms with Crippen LogP contribution in [0.25, 0.3) is 0 Å². The third kappa shape index (κ3) is 2.27. The van der Waals surface area contributed by atoms with Gasteiger partial charge < -0.3 is 5.11 Å². The van der Waals surface area contributed by atoms with Gasteiger partial charge in [-0.3, -0.25) is 0 Å². The Hall–Kier alpha value is -1.89. The summed E-state index contributed by atoms with van der Waals surface area (Å²) in [6.07, 6.45) is 0.0119. The monoisotopic (exact) mass is 179 g/mol. The lowest BCUT2D eigenvalue weighted by molar-refractivity contribution is 0.0696. The Morgan fingerprint density at radius 3 is 2.77 bits per heavy atom. The molecule has 0 fully saturated rings. The van der Waals surface area contributed by atoms with Crippen LogP contribution in [0.5, 0.6) is 0 Å². The standard InChI is InChI=1S/C9H6FNO2/c10-8-4-6(1-2-11)3-7(5-8)9(12)13/h3-5H,1H2,(H,12,13). The zero-order chi connectivity index (χ0) is 9.84. The van der Waals surface area contributed by atoms with Gasteiger partial charge in [-0.2, -0.15) is 5.26 Å². The van der Waals surface area contributed by atoms with Crippen molar-refractivity contribution >= 4 is 5.97 Å². The van der Waals surface area contributed by atoms with E-state index < -0.39 is 11.8 Å². The van der Waals surface area contributed by atoms with Gasteiger partial charge in [-0.25, -0.2) is 9.18 Å². The Labute approximate surface area is 74.0 Å². The first kappa shape index (κ1) is 9.20. The third-order valence-corrected chi connectivity index (χ3v) is 1.49. The lowest BCUT2D eigenvalue weighted by Gasteiger charge is -1.98. The molecule has 0 aliphatic rings. The Kier molecular flexibility index (Phi) is 2.60. The van der Waals surface area contributed by atoms with Crippen molar-refractivity contribution in [3.63, 3.8) is 0 Å². The number of carbonyl (C=O) groups is 1. The molecule has 0 atom stereocenters. The van der Waals surface area contributed by atoms with E-state index in [1.807, 2.05) is 6.07 Å². The molecule has 0 amide bonds. The summed E-state index contributed by atoms with van der Waals surface area (Å²) < 4.78 is 12.7. The van der Waals surface area contributed by atoms with E-state index in [0.29, 0.717) is 5.56 Å². The quantitative estimate of drug-likeness (QED) is 0.749. The van der Waals surface area contributed by atoms with Crippen LogP contribution in [0.2, 0.25) is 0 Å². The summed E-state index contributed by atoms with van der Waals surface area (Å²) in [5.41, 5.74) is 0.241. The van der Waals surface area contributed by atoms with Gasteiger partial charge in [0.1, 0.15) is 5.82 Å². The molecule has 13 heavy (non-hydrogen) atoms. The van der Waals surface area contributed by atoms with Crippen LogP contribution >= 0.6 is 0 Å². The number of halogens is 1. The van der Waals surface area contributed by atoms with Gasteiger partial charge in [-0.05, 0) is 23.8 Å². The van der Waals surface area contributed by atoms with Crippen LogP contribution in [0.4, 0.5) is 4.39 Å². The molecule has 0 bridgehead atoms. The highest BCUT2D eigenvalue weighted by Crippen LogP contribution is 2.09. The van der Waals surface area contributed by atoms with E-state index in [-0.39, 0.29) is 12.0 Å². The van der Waals surface area contributed by atoms with Crippen molar-refractivity contribution in [1.29, 1.82) is 5.26 Å². The maximum Gasteiger partial charge on any atom is 0.335 e. The molecule has 0 unspecified atom stereocenters. The zero-order valence-electron chi connectivity index (χ0n) is 6.62. The van der Waals surface area contributed by atoms with E-state index in [1.54, 1.807) is 0 Å². The molecule has 1 aromatic rings. The first-order chi connectivity index (χ1) is 6.13. The summed E-state index contributed by atoms with van der Waals surface area (Å²) in [4.78, 5) is 10.5. The minimum absolute atomic E-state index is 0.0119. The largest absolute Gasteiger partial charge is 0.478 e. The number of hydrogen-bond acceptors (Lipinski definition) is 2. The highest BCUT2D eigenvalue weighted by atomic mass is 19.1. The third-order valence-electron chi connectivity index (χ3n) is 1.49. The van der Waals surface area contributed by atoms with Gasteiger partial charge in [0.15, 0.2) is 0 Å². The molecular weight excluding hydrogens is 173 g/mol.